The zero-order valence-electron chi connectivity index (χ0n) is 47.5. The van der Waals surface area contributed by atoms with Gasteiger partial charge in [-0.2, -0.15) is 0 Å². The lowest BCUT2D eigenvalue weighted by Crippen LogP contribution is -2.14. The normalized spacial score (nSPS) is 11.8. The largest absolute Gasteiger partial charge is 0.436 e. The molecule has 8 nitrogen and oxygen atoms in total. The highest BCUT2D eigenvalue weighted by Crippen LogP contribution is 2.44. The number of rotatable bonds is 14. The van der Waals surface area contributed by atoms with Gasteiger partial charge < -0.3 is 18.6 Å². The Bertz CT molecular complexity index is 5050. The monoisotopic (exact) mass is 1120 g/mol. The van der Waals surface area contributed by atoms with Crippen LogP contribution in [-0.2, 0) is 0 Å². The summed E-state index contributed by atoms with van der Waals surface area (Å²) >= 11 is 0. The fraction of sp³-hybridized carbons (Fsp3) is 0.0127. The number of oxazole rings is 2. The number of allylic oxidation sites excluding steroid dienone is 4. The van der Waals surface area contributed by atoms with Gasteiger partial charge in [-0.15, -0.1) is 0 Å². The maximum absolute atomic E-state index is 6.18. The Kier molecular flexibility index (Phi) is 13.4. The molecule has 0 saturated carbocycles. The zero-order valence-corrected chi connectivity index (χ0v) is 47.5. The van der Waals surface area contributed by atoms with Gasteiger partial charge in [0.1, 0.15) is 11.0 Å². The lowest BCUT2D eigenvalue weighted by atomic mass is 9.88. The molecule has 0 amide bonds. The van der Waals surface area contributed by atoms with Crippen LogP contribution in [-0.4, -0.2) is 19.9 Å². The Morgan fingerprint density at radius 2 is 0.805 bits per heavy atom. The summed E-state index contributed by atoms with van der Waals surface area (Å²) < 4.78 is 12.3. The van der Waals surface area contributed by atoms with Crippen molar-refractivity contribution < 1.29 is 8.83 Å². The highest BCUT2D eigenvalue weighted by molar-refractivity contribution is 6.08. The Morgan fingerprint density at radius 3 is 1.34 bits per heavy atom. The van der Waals surface area contributed by atoms with Crippen LogP contribution in [0.4, 0.5) is 28.4 Å². The van der Waals surface area contributed by atoms with Crippen LogP contribution in [0.3, 0.4) is 0 Å². The number of nitrogens with zero attached hydrogens (tertiary/aromatic N) is 6. The van der Waals surface area contributed by atoms with E-state index >= 15 is 0 Å². The Hall–Kier alpha value is -11.7. The van der Waals surface area contributed by atoms with Crippen LogP contribution in [0.5, 0.6) is 0 Å². The third-order valence-electron chi connectivity index (χ3n) is 16.1. The SMILES string of the molecule is C=C(/C=C\C(=C/C)c1nc2ccccc2o1)N(c1ccccc1)c1ccc(-c2nc3cc(-c4cccc5ccccc45)c(-c4cccc5ccccc45)cc3nc2-c2ccc(N(c3ccccc3)c3ccc(-c4nc5ccccc5o4)cc3)cc2)cc1. The molecule has 8 heteroatoms. The molecule has 15 rings (SSSR count). The minimum Gasteiger partial charge on any atom is -0.436 e. The van der Waals surface area contributed by atoms with Gasteiger partial charge in [-0.3, -0.25) is 0 Å². The molecule has 0 atom stereocenters. The number of fused-ring (bicyclic) bond motifs is 5. The van der Waals surface area contributed by atoms with Crippen LogP contribution in [0, 0.1) is 0 Å². The van der Waals surface area contributed by atoms with Crippen molar-refractivity contribution in [3.63, 3.8) is 0 Å². The van der Waals surface area contributed by atoms with Crippen LogP contribution in [0.2, 0.25) is 0 Å². The van der Waals surface area contributed by atoms with Crippen molar-refractivity contribution in [1.29, 1.82) is 0 Å². The topological polar surface area (TPSA) is 84.3 Å². The average Bonchev–Trinajstić information content (AvgIpc) is 3.10. The number of hydrogen-bond donors (Lipinski definition) is 0. The molecule has 3 heterocycles. The molecule has 0 aliphatic carbocycles. The first kappa shape index (κ1) is 52.1. The molecule has 0 spiro atoms. The van der Waals surface area contributed by atoms with Crippen LogP contribution in [0.25, 0.3) is 117 Å². The smallest absolute Gasteiger partial charge is 0.227 e. The van der Waals surface area contributed by atoms with Crippen LogP contribution >= 0.6 is 0 Å². The van der Waals surface area contributed by atoms with E-state index < -0.39 is 0 Å². The molecule has 0 aliphatic rings. The Labute approximate surface area is 503 Å². The van der Waals surface area contributed by atoms with E-state index in [4.69, 9.17) is 28.8 Å². The molecule has 3 aromatic heterocycles. The van der Waals surface area contributed by atoms with Crippen molar-refractivity contribution in [3.8, 4) is 56.2 Å². The van der Waals surface area contributed by atoms with Gasteiger partial charge >= 0.3 is 0 Å². The molecule has 412 valence electrons. The summed E-state index contributed by atoms with van der Waals surface area (Å²) in [6.45, 7) is 6.61. The van der Waals surface area contributed by atoms with E-state index in [0.717, 1.165) is 129 Å². The lowest BCUT2D eigenvalue weighted by molar-refractivity contribution is 0.585. The first-order chi connectivity index (χ1) is 43.0. The molecule has 0 aliphatic heterocycles. The van der Waals surface area contributed by atoms with E-state index in [1.807, 2.05) is 97.9 Å². The second-order valence-corrected chi connectivity index (χ2v) is 21.4. The summed E-state index contributed by atoms with van der Waals surface area (Å²) in [5, 5.41) is 4.66. The van der Waals surface area contributed by atoms with Crippen LogP contribution in [0.15, 0.2) is 318 Å². The summed E-state index contributed by atoms with van der Waals surface area (Å²) in [5.41, 5.74) is 19.8. The van der Waals surface area contributed by atoms with Crippen molar-refractivity contribution in [2.45, 2.75) is 6.92 Å². The number of aromatic nitrogens is 4. The van der Waals surface area contributed by atoms with Gasteiger partial charge in [0.15, 0.2) is 11.2 Å². The number of anilines is 5. The minimum atomic E-state index is 0.547. The van der Waals surface area contributed by atoms with Crippen LogP contribution in [0.1, 0.15) is 12.8 Å². The molecule has 0 N–H and O–H groups in total. The Balaban J connectivity index is 0.867. The predicted molar refractivity (Wildman–Crippen MR) is 359 cm³/mol. The zero-order chi connectivity index (χ0) is 58.2. The van der Waals surface area contributed by atoms with Gasteiger partial charge in [0.05, 0.1) is 22.4 Å². The standard InChI is InChI=1S/C79H54N6O2/c1-3-53(78-82-70-32-14-16-34-74(70)86-78)37-36-52(2)84(59-24-6-4-7-25-59)61-44-38-56(39-45-61)76-77(57-40-46-62(47-41-57)85(60-26-8-5-9-27-60)63-48-42-58(43-49-63)79-83-71-33-15-17-35-75(71)87-79)81-73-51-69(67-31-19-23-55-21-11-13-29-65(55)67)68(50-72(73)80-76)66-30-18-22-54-20-10-12-28-64(54)66/h3-51H,2H2,1H3/b37-36-,53-3+. The molecule has 0 radical (unpaired) electrons. The second kappa shape index (κ2) is 22.4. The maximum Gasteiger partial charge on any atom is 0.227 e. The maximum atomic E-state index is 6.18. The van der Waals surface area contributed by atoms with Crippen molar-refractivity contribution in [3.05, 3.63) is 315 Å². The molecule has 15 aromatic rings. The van der Waals surface area contributed by atoms with Crippen molar-refractivity contribution in [2.24, 2.45) is 0 Å². The number of benzene rings is 12. The average molecular weight is 1120 g/mol. The van der Waals surface area contributed by atoms with Gasteiger partial charge in [0, 0.05) is 56.4 Å². The fourth-order valence-corrected chi connectivity index (χ4v) is 11.8. The molecule has 87 heavy (non-hydrogen) atoms. The molecule has 12 aromatic carbocycles. The van der Waals surface area contributed by atoms with Crippen LogP contribution < -0.4 is 9.80 Å². The highest BCUT2D eigenvalue weighted by atomic mass is 16.4. The van der Waals surface area contributed by atoms with E-state index in [1.165, 1.54) is 16.2 Å². The third kappa shape index (κ3) is 9.96. The van der Waals surface area contributed by atoms with Crippen molar-refractivity contribution >= 4 is 88.8 Å². The quantitative estimate of drug-likeness (QED) is 0.0996. The minimum absolute atomic E-state index is 0.547. The van der Waals surface area contributed by atoms with Crippen molar-refractivity contribution in [1.82, 2.24) is 19.9 Å². The molecule has 0 fully saturated rings. The first-order valence-electron chi connectivity index (χ1n) is 29.1. The van der Waals surface area contributed by atoms with E-state index in [0.29, 0.717) is 11.8 Å². The second-order valence-electron chi connectivity index (χ2n) is 21.4. The number of hydrogen-bond acceptors (Lipinski definition) is 8. The summed E-state index contributed by atoms with van der Waals surface area (Å²) in [5.74, 6) is 1.13. The lowest BCUT2D eigenvalue weighted by Gasteiger charge is -2.26. The van der Waals surface area contributed by atoms with Gasteiger partial charge in [-0.25, -0.2) is 19.9 Å². The van der Waals surface area contributed by atoms with E-state index in [1.54, 1.807) is 0 Å². The molecular weight excluding hydrogens is 1060 g/mol. The van der Waals surface area contributed by atoms with E-state index in [-0.39, 0.29) is 0 Å². The number of para-hydroxylation sites is 6. The van der Waals surface area contributed by atoms with Gasteiger partial charge in [-0.05, 0) is 172 Å². The predicted octanol–water partition coefficient (Wildman–Crippen LogP) is 21.3. The van der Waals surface area contributed by atoms with Gasteiger partial charge in [0.2, 0.25) is 11.8 Å². The summed E-state index contributed by atoms with van der Waals surface area (Å²) in [6.07, 6.45) is 6.02. The third-order valence-corrected chi connectivity index (χ3v) is 16.1. The van der Waals surface area contributed by atoms with Gasteiger partial charge in [0.25, 0.3) is 0 Å². The Morgan fingerprint density at radius 1 is 0.368 bits per heavy atom. The van der Waals surface area contributed by atoms with Crippen molar-refractivity contribution in [2.75, 3.05) is 9.80 Å². The molecule has 0 saturated heterocycles. The summed E-state index contributed by atoms with van der Waals surface area (Å²) in [6, 6.07) is 96.7. The molecular formula is C79H54N6O2. The fourth-order valence-electron chi connectivity index (χ4n) is 11.8. The summed E-state index contributed by atoms with van der Waals surface area (Å²) in [7, 11) is 0. The summed E-state index contributed by atoms with van der Waals surface area (Å²) in [4.78, 5) is 25.4. The first-order valence-corrected chi connectivity index (χ1v) is 29.1. The van der Waals surface area contributed by atoms with E-state index in [2.05, 4.69) is 223 Å². The molecule has 0 bridgehead atoms. The highest BCUT2D eigenvalue weighted by Gasteiger charge is 2.22. The van der Waals surface area contributed by atoms with E-state index in [9.17, 15) is 0 Å². The van der Waals surface area contributed by atoms with Gasteiger partial charge in [-0.1, -0.05) is 183 Å². The molecule has 0 unspecified atom stereocenters.